The van der Waals surface area contributed by atoms with Crippen LogP contribution >= 0.6 is 0 Å². The molecule has 1 aromatic rings. The predicted molar refractivity (Wildman–Crippen MR) is 90.2 cm³/mol. The van der Waals surface area contributed by atoms with Crippen LogP contribution < -0.4 is 10.7 Å². The molecule has 1 fully saturated rings. The lowest BCUT2D eigenvalue weighted by Gasteiger charge is -2.27. The van der Waals surface area contributed by atoms with Crippen LogP contribution in [0.2, 0.25) is 0 Å². The van der Waals surface area contributed by atoms with Crippen molar-refractivity contribution in [3.63, 3.8) is 0 Å². The molecule has 3 N–H and O–H groups in total. The van der Waals surface area contributed by atoms with Crippen molar-refractivity contribution in [1.29, 1.82) is 5.41 Å². The van der Waals surface area contributed by atoms with E-state index in [-0.39, 0.29) is 17.9 Å². The lowest BCUT2D eigenvalue weighted by Crippen LogP contribution is -2.40. The number of amides is 2. The first-order valence-electron chi connectivity index (χ1n) is 7.49. The summed E-state index contributed by atoms with van der Waals surface area (Å²) in [5.74, 6) is -0.170. The van der Waals surface area contributed by atoms with E-state index in [1.165, 1.54) is 6.21 Å². The zero-order chi connectivity index (χ0) is 16.8. The maximum atomic E-state index is 12.9. The molecule has 1 atom stereocenters. The van der Waals surface area contributed by atoms with Crippen molar-refractivity contribution >= 4 is 29.9 Å². The fourth-order valence-corrected chi connectivity index (χ4v) is 2.52. The van der Waals surface area contributed by atoms with Gasteiger partial charge in [-0.15, -0.1) is 0 Å². The molecule has 0 aromatic heterocycles. The number of aryl methyl sites for hydroxylation is 1. The fourth-order valence-electron chi connectivity index (χ4n) is 2.52. The van der Waals surface area contributed by atoms with Crippen LogP contribution in [0.25, 0.3) is 0 Å². The molecule has 7 nitrogen and oxygen atoms in total. The molecule has 0 radical (unpaired) electrons. The van der Waals surface area contributed by atoms with E-state index >= 15 is 0 Å². The third-order valence-corrected chi connectivity index (χ3v) is 3.69. The Morgan fingerprint density at radius 2 is 2.30 bits per heavy atom. The first-order valence-corrected chi connectivity index (χ1v) is 7.49. The number of anilines is 1. The van der Waals surface area contributed by atoms with Gasteiger partial charge in [0, 0.05) is 31.8 Å². The van der Waals surface area contributed by atoms with Gasteiger partial charge in [-0.25, -0.2) is 0 Å². The van der Waals surface area contributed by atoms with Gasteiger partial charge in [0.25, 0.3) is 5.91 Å². The molecule has 23 heavy (non-hydrogen) atoms. The Hall–Kier alpha value is -2.70. The monoisotopic (exact) mass is 315 g/mol. The Labute approximate surface area is 135 Å². The summed E-state index contributed by atoms with van der Waals surface area (Å²) in [7, 11) is 0. The Morgan fingerprint density at radius 1 is 1.52 bits per heavy atom. The highest BCUT2D eigenvalue weighted by Gasteiger charge is 2.27. The number of hydrogen-bond acceptors (Lipinski definition) is 5. The van der Waals surface area contributed by atoms with Crippen LogP contribution in [0.4, 0.5) is 5.69 Å². The number of benzene rings is 1. The molecule has 1 aromatic carbocycles. The molecule has 0 saturated carbocycles. The average Bonchev–Trinajstić information content (AvgIpc) is 2.68. The molecule has 1 aliphatic rings. The standard InChI is InChI=1S/C16H21N5O2/c1-11-3-4-14(20-19-6-5-17)13(9-11)16(23)21-8-7-18-15(22)10-12(21)2/h3-6,9,12,17,20H,7-8,10H2,1-2H3,(H,18,22)/b17-5?,19-6-. The van der Waals surface area contributed by atoms with Crippen LogP contribution in [-0.2, 0) is 4.79 Å². The van der Waals surface area contributed by atoms with E-state index < -0.39 is 0 Å². The summed E-state index contributed by atoms with van der Waals surface area (Å²) in [5.41, 5.74) is 4.84. The molecule has 1 unspecified atom stereocenters. The highest BCUT2D eigenvalue weighted by molar-refractivity contribution is 6.14. The Kier molecular flexibility index (Phi) is 5.46. The molecule has 1 aliphatic heterocycles. The van der Waals surface area contributed by atoms with Crippen molar-refractivity contribution in [1.82, 2.24) is 10.2 Å². The van der Waals surface area contributed by atoms with Crippen molar-refractivity contribution in [2.75, 3.05) is 18.5 Å². The highest BCUT2D eigenvalue weighted by Crippen LogP contribution is 2.21. The first-order chi connectivity index (χ1) is 11.0. The molecule has 7 heteroatoms. The minimum absolute atomic E-state index is 0.0361. The van der Waals surface area contributed by atoms with Gasteiger partial charge in [0.15, 0.2) is 0 Å². The summed E-state index contributed by atoms with van der Waals surface area (Å²) in [4.78, 5) is 26.2. The first kappa shape index (κ1) is 16.7. The van der Waals surface area contributed by atoms with Gasteiger partial charge in [-0.1, -0.05) is 11.6 Å². The molecule has 2 amide bonds. The quantitative estimate of drug-likeness (QED) is 0.578. The molecule has 0 spiro atoms. The topological polar surface area (TPSA) is 97.7 Å². The summed E-state index contributed by atoms with van der Waals surface area (Å²) in [5, 5.41) is 13.6. The average molecular weight is 315 g/mol. The maximum Gasteiger partial charge on any atom is 0.256 e. The van der Waals surface area contributed by atoms with Crippen molar-refractivity contribution in [2.45, 2.75) is 26.3 Å². The maximum absolute atomic E-state index is 12.9. The SMILES string of the molecule is Cc1ccc(N/N=C\C=N)c(C(=O)N2CCNC(=O)CC2C)c1. The molecule has 122 valence electrons. The van der Waals surface area contributed by atoms with Crippen molar-refractivity contribution in [3.8, 4) is 0 Å². The normalized spacial score (nSPS) is 18.4. The molecule has 0 aliphatic carbocycles. The van der Waals surface area contributed by atoms with Gasteiger partial charge in [-0.3, -0.25) is 15.0 Å². The van der Waals surface area contributed by atoms with Gasteiger partial charge in [-0.05, 0) is 26.0 Å². The van der Waals surface area contributed by atoms with Gasteiger partial charge >= 0.3 is 0 Å². The second-order valence-electron chi connectivity index (χ2n) is 5.51. The third kappa shape index (κ3) is 4.15. The minimum atomic E-state index is -0.163. The van der Waals surface area contributed by atoms with E-state index in [2.05, 4.69) is 15.8 Å². The van der Waals surface area contributed by atoms with Gasteiger partial charge < -0.3 is 15.6 Å². The lowest BCUT2D eigenvalue weighted by atomic mass is 10.1. The van der Waals surface area contributed by atoms with Gasteiger partial charge in [0.2, 0.25) is 5.91 Å². The van der Waals surface area contributed by atoms with Crippen LogP contribution in [0, 0.1) is 12.3 Å². The Morgan fingerprint density at radius 3 is 3.04 bits per heavy atom. The van der Waals surface area contributed by atoms with E-state index in [1.807, 2.05) is 19.9 Å². The number of hydrazone groups is 1. The zero-order valence-electron chi connectivity index (χ0n) is 13.3. The van der Waals surface area contributed by atoms with Crippen molar-refractivity contribution in [2.24, 2.45) is 5.10 Å². The molecular formula is C16H21N5O2. The minimum Gasteiger partial charge on any atom is -0.354 e. The van der Waals surface area contributed by atoms with Gasteiger partial charge in [0.05, 0.1) is 17.5 Å². The fraction of sp³-hybridized carbons (Fsp3) is 0.375. The summed E-state index contributed by atoms with van der Waals surface area (Å²) in [6.45, 7) is 4.72. The van der Waals surface area contributed by atoms with Crippen LogP contribution in [0.3, 0.4) is 0 Å². The summed E-state index contributed by atoms with van der Waals surface area (Å²) < 4.78 is 0. The third-order valence-electron chi connectivity index (χ3n) is 3.69. The van der Waals surface area contributed by atoms with Crippen LogP contribution in [0.1, 0.15) is 29.3 Å². The highest BCUT2D eigenvalue weighted by atomic mass is 16.2. The van der Waals surface area contributed by atoms with Crippen LogP contribution in [-0.4, -0.2) is 48.3 Å². The van der Waals surface area contributed by atoms with Gasteiger partial charge in [-0.2, -0.15) is 5.10 Å². The van der Waals surface area contributed by atoms with E-state index in [0.717, 1.165) is 11.8 Å². The molecular weight excluding hydrogens is 294 g/mol. The molecule has 1 saturated heterocycles. The van der Waals surface area contributed by atoms with Crippen molar-refractivity contribution < 1.29 is 9.59 Å². The number of hydrogen-bond donors (Lipinski definition) is 3. The molecule has 0 bridgehead atoms. The number of carbonyl (C=O) groups is 2. The second-order valence-corrected chi connectivity index (χ2v) is 5.51. The molecule has 2 rings (SSSR count). The van der Waals surface area contributed by atoms with Crippen LogP contribution in [0.15, 0.2) is 23.3 Å². The van der Waals surface area contributed by atoms with Gasteiger partial charge in [0.1, 0.15) is 0 Å². The number of carbonyl (C=O) groups excluding carboxylic acids is 2. The van der Waals surface area contributed by atoms with Crippen LogP contribution in [0.5, 0.6) is 0 Å². The Bertz CT molecular complexity index is 641. The summed E-state index contributed by atoms with van der Waals surface area (Å²) in [6.07, 6.45) is 2.65. The second kappa shape index (κ2) is 7.53. The summed E-state index contributed by atoms with van der Waals surface area (Å²) in [6, 6.07) is 5.31. The predicted octanol–water partition coefficient (Wildman–Crippen LogP) is 1.39. The smallest absolute Gasteiger partial charge is 0.256 e. The summed E-state index contributed by atoms with van der Waals surface area (Å²) >= 11 is 0. The largest absolute Gasteiger partial charge is 0.354 e. The zero-order valence-corrected chi connectivity index (χ0v) is 13.3. The molecule has 1 heterocycles. The van der Waals surface area contributed by atoms with E-state index in [1.54, 1.807) is 17.0 Å². The van der Waals surface area contributed by atoms with E-state index in [9.17, 15) is 9.59 Å². The van der Waals surface area contributed by atoms with E-state index in [0.29, 0.717) is 30.8 Å². The van der Waals surface area contributed by atoms with E-state index in [4.69, 9.17) is 5.41 Å². The van der Waals surface area contributed by atoms with Crippen molar-refractivity contribution in [3.05, 3.63) is 29.3 Å². The lowest BCUT2D eigenvalue weighted by molar-refractivity contribution is -0.121. The Balaban J connectivity index is 2.29. The number of nitrogens with zero attached hydrogens (tertiary/aromatic N) is 2. The number of rotatable bonds is 4. The number of nitrogens with one attached hydrogen (secondary N) is 3.